The predicted molar refractivity (Wildman–Crippen MR) is 91.4 cm³/mol. The van der Waals surface area contributed by atoms with Crippen molar-refractivity contribution in [2.24, 2.45) is 0 Å². The summed E-state index contributed by atoms with van der Waals surface area (Å²) in [5.41, 5.74) is 0.956. The predicted octanol–water partition coefficient (Wildman–Crippen LogP) is 3.41. The third kappa shape index (κ3) is 5.32. The van der Waals surface area contributed by atoms with Gasteiger partial charge < -0.3 is 5.32 Å². The van der Waals surface area contributed by atoms with Crippen LogP contribution in [0.1, 0.15) is 44.1 Å². The molecule has 0 bridgehead atoms. The minimum absolute atomic E-state index is 0.376. The van der Waals surface area contributed by atoms with E-state index in [4.69, 9.17) is 0 Å². The van der Waals surface area contributed by atoms with Crippen LogP contribution in [0, 0.1) is 6.92 Å². The van der Waals surface area contributed by atoms with Crippen molar-refractivity contribution in [1.82, 2.24) is 10.0 Å². The van der Waals surface area contributed by atoms with Crippen LogP contribution in [0.3, 0.4) is 0 Å². The van der Waals surface area contributed by atoms with Crippen molar-refractivity contribution in [3.8, 4) is 0 Å². The molecule has 0 saturated heterocycles. The highest BCUT2D eigenvalue weighted by Crippen LogP contribution is 2.30. The molecule has 2 N–H and O–H groups in total. The second kappa shape index (κ2) is 8.06. The first-order valence-corrected chi connectivity index (χ1v) is 10.6. The molecule has 0 unspecified atom stereocenters. The molecule has 7 heteroatoms. The van der Waals surface area contributed by atoms with E-state index < -0.39 is 10.0 Å². The topological polar surface area (TPSA) is 58.2 Å². The zero-order chi connectivity index (χ0) is 15.3. The van der Waals surface area contributed by atoms with Crippen LogP contribution in [0.4, 0.5) is 0 Å². The molecule has 0 radical (unpaired) electrons. The molecule has 0 aliphatic heterocycles. The second-order valence-electron chi connectivity index (χ2n) is 5.56. The van der Waals surface area contributed by atoms with Gasteiger partial charge in [-0.15, -0.1) is 11.3 Å². The maximum atomic E-state index is 12.2. The van der Waals surface area contributed by atoms with Crippen LogP contribution in [0.5, 0.6) is 0 Å². The van der Waals surface area contributed by atoms with Gasteiger partial charge in [-0.25, -0.2) is 13.1 Å². The van der Waals surface area contributed by atoms with Crippen LogP contribution in [-0.2, 0) is 10.0 Å². The molecule has 1 aliphatic rings. The maximum absolute atomic E-state index is 12.2. The largest absolute Gasteiger partial charge is 0.313 e. The fourth-order valence-corrected chi connectivity index (χ4v) is 5.88. The Morgan fingerprint density at radius 1 is 1.24 bits per heavy atom. The summed E-state index contributed by atoms with van der Waals surface area (Å²) in [4.78, 5) is 0. The van der Waals surface area contributed by atoms with Crippen LogP contribution in [0.25, 0.3) is 0 Å². The molecule has 0 aromatic carbocycles. The summed E-state index contributed by atoms with van der Waals surface area (Å²) in [6, 6.07) is 2.26. The van der Waals surface area contributed by atoms with Gasteiger partial charge in [0.25, 0.3) is 0 Å². The van der Waals surface area contributed by atoms with Gasteiger partial charge in [0.05, 0.1) is 3.79 Å². The lowest BCUT2D eigenvalue weighted by Gasteiger charge is -2.16. The van der Waals surface area contributed by atoms with Crippen molar-refractivity contribution >= 4 is 37.3 Å². The van der Waals surface area contributed by atoms with Gasteiger partial charge in [-0.3, -0.25) is 0 Å². The molecular weight excluding hydrogens is 372 g/mol. The number of aryl methyl sites for hydroxylation is 1. The van der Waals surface area contributed by atoms with Crippen molar-refractivity contribution in [3.63, 3.8) is 0 Å². The van der Waals surface area contributed by atoms with E-state index in [0.29, 0.717) is 23.3 Å². The number of sulfonamides is 1. The first kappa shape index (κ1) is 17.4. The van der Waals surface area contributed by atoms with Gasteiger partial charge in [0.1, 0.15) is 4.21 Å². The molecule has 1 aliphatic carbocycles. The molecule has 120 valence electrons. The Morgan fingerprint density at radius 3 is 2.48 bits per heavy atom. The minimum atomic E-state index is -3.37. The molecule has 1 fully saturated rings. The van der Waals surface area contributed by atoms with E-state index in [1.54, 1.807) is 6.07 Å². The molecule has 1 aromatic rings. The van der Waals surface area contributed by atoms with Crippen molar-refractivity contribution in [2.75, 3.05) is 13.1 Å². The molecule has 0 spiro atoms. The van der Waals surface area contributed by atoms with E-state index in [9.17, 15) is 8.42 Å². The van der Waals surface area contributed by atoms with Gasteiger partial charge in [0.15, 0.2) is 0 Å². The molecule has 1 heterocycles. The third-order valence-electron chi connectivity index (χ3n) is 3.80. The van der Waals surface area contributed by atoms with Crippen molar-refractivity contribution in [3.05, 3.63) is 15.4 Å². The molecule has 1 aromatic heterocycles. The highest BCUT2D eigenvalue weighted by molar-refractivity contribution is 9.11. The average molecular weight is 395 g/mol. The Balaban J connectivity index is 1.77. The van der Waals surface area contributed by atoms with E-state index in [0.717, 1.165) is 9.35 Å². The monoisotopic (exact) mass is 394 g/mol. The first-order valence-electron chi connectivity index (χ1n) is 7.48. The average Bonchev–Trinajstić information content (AvgIpc) is 2.67. The molecule has 0 amide bonds. The van der Waals surface area contributed by atoms with Crippen LogP contribution < -0.4 is 10.0 Å². The number of nitrogens with one attached hydrogen (secondary N) is 2. The highest BCUT2D eigenvalue weighted by Gasteiger charge is 2.18. The summed E-state index contributed by atoms with van der Waals surface area (Å²) in [7, 11) is -3.37. The van der Waals surface area contributed by atoms with Crippen molar-refractivity contribution in [2.45, 2.75) is 55.7 Å². The molecule has 2 rings (SSSR count). The Kier molecular flexibility index (Phi) is 6.68. The number of rotatable bonds is 6. The van der Waals surface area contributed by atoms with E-state index in [-0.39, 0.29) is 0 Å². The lowest BCUT2D eigenvalue weighted by molar-refractivity contribution is 0.461. The van der Waals surface area contributed by atoms with E-state index >= 15 is 0 Å². The molecule has 1 saturated carbocycles. The molecule has 0 atom stereocenters. The SMILES string of the molecule is Cc1cc(S(=O)(=O)NCCNC2CCCCCC2)sc1Br. The van der Waals surface area contributed by atoms with Gasteiger partial charge in [0, 0.05) is 19.1 Å². The number of hydrogen-bond acceptors (Lipinski definition) is 4. The van der Waals surface area contributed by atoms with Gasteiger partial charge >= 0.3 is 0 Å². The van der Waals surface area contributed by atoms with Crippen LogP contribution in [0.2, 0.25) is 0 Å². The smallest absolute Gasteiger partial charge is 0.250 e. The summed E-state index contributed by atoms with van der Waals surface area (Å²) in [5.74, 6) is 0. The maximum Gasteiger partial charge on any atom is 0.250 e. The Morgan fingerprint density at radius 2 is 1.90 bits per heavy atom. The van der Waals surface area contributed by atoms with Gasteiger partial charge in [-0.05, 0) is 47.3 Å². The Bertz CT molecular complexity index is 530. The number of thiophene rings is 1. The minimum Gasteiger partial charge on any atom is -0.313 e. The Labute approximate surface area is 139 Å². The molecule has 4 nitrogen and oxygen atoms in total. The molecule has 21 heavy (non-hydrogen) atoms. The Hall–Kier alpha value is 0.0500. The third-order valence-corrected chi connectivity index (χ3v) is 7.88. The van der Waals surface area contributed by atoms with E-state index in [1.165, 1.54) is 49.9 Å². The number of hydrogen-bond donors (Lipinski definition) is 2. The summed E-state index contributed by atoms with van der Waals surface area (Å²) in [6.45, 7) is 3.02. The lowest BCUT2D eigenvalue weighted by Crippen LogP contribution is -2.36. The van der Waals surface area contributed by atoms with Crippen molar-refractivity contribution < 1.29 is 8.42 Å². The van der Waals surface area contributed by atoms with Gasteiger partial charge in [0.2, 0.25) is 10.0 Å². The van der Waals surface area contributed by atoms with Gasteiger partial charge in [-0.2, -0.15) is 0 Å². The summed E-state index contributed by atoms with van der Waals surface area (Å²) < 4.78 is 28.2. The zero-order valence-corrected chi connectivity index (χ0v) is 15.5. The number of halogens is 1. The summed E-state index contributed by atoms with van der Waals surface area (Å²) >= 11 is 4.62. The summed E-state index contributed by atoms with van der Waals surface area (Å²) in [6.07, 6.45) is 7.65. The quantitative estimate of drug-likeness (QED) is 0.573. The summed E-state index contributed by atoms with van der Waals surface area (Å²) in [5, 5.41) is 3.47. The highest BCUT2D eigenvalue weighted by atomic mass is 79.9. The second-order valence-corrected chi connectivity index (χ2v) is 9.93. The van der Waals surface area contributed by atoms with E-state index in [2.05, 4.69) is 26.0 Å². The first-order chi connectivity index (χ1) is 9.99. The molecular formula is C14H23BrN2O2S2. The fraction of sp³-hybridized carbons (Fsp3) is 0.714. The van der Waals surface area contributed by atoms with E-state index in [1.807, 2.05) is 6.92 Å². The van der Waals surface area contributed by atoms with Gasteiger partial charge in [-0.1, -0.05) is 25.7 Å². The lowest BCUT2D eigenvalue weighted by atomic mass is 10.1. The van der Waals surface area contributed by atoms with Crippen LogP contribution in [-0.4, -0.2) is 27.5 Å². The van der Waals surface area contributed by atoms with Crippen molar-refractivity contribution in [1.29, 1.82) is 0 Å². The van der Waals surface area contributed by atoms with Crippen LogP contribution >= 0.6 is 27.3 Å². The normalized spacial score (nSPS) is 17.8. The zero-order valence-electron chi connectivity index (χ0n) is 12.3. The van der Waals surface area contributed by atoms with Crippen LogP contribution in [0.15, 0.2) is 14.1 Å². The standard InChI is InChI=1S/C14H23BrN2O2S2/c1-11-10-13(20-14(11)15)21(18,19)17-9-8-16-12-6-4-2-3-5-7-12/h10,12,16-17H,2-9H2,1H3. The fourth-order valence-electron chi connectivity index (χ4n) is 2.58.